The summed E-state index contributed by atoms with van der Waals surface area (Å²) in [4.78, 5) is 40.6. The third-order valence-electron chi connectivity index (χ3n) is 5.74. The minimum absolute atomic E-state index is 0.00239. The summed E-state index contributed by atoms with van der Waals surface area (Å²) in [5.41, 5.74) is 2.67. The number of thiophene rings is 1. The van der Waals surface area contributed by atoms with Gasteiger partial charge in [0.2, 0.25) is 0 Å². The molecule has 9 heteroatoms. The van der Waals surface area contributed by atoms with Gasteiger partial charge in [-0.05, 0) is 74.2 Å². The molecule has 2 aromatic carbocycles. The van der Waals surface area contributed by atoms with E-state index in [1.54, 1.807) is 31.2 Å². The van der Waals surface area contributed by atoms with Crippen molar-refractivity contribution >= 4 is 51.3 Å². The Hall–Kier alpha value is -3.23. The molecular formula is C25H23ClFN3O3S. The Morgan fingerprint density at radius 3 is 2.41 bits per heavy atom. The number of anilines is 2. The number of nitrogens with zero attached hydrogens (tertiary/aromatic N) is 1. The topological polar surface area (TPSA) is 78.5 Å². The predicted octanol–water partition coefficient (Wildman–Crippen LogP) is 5.90. The molecule has 3 amide bonds. The Kier molecular flexibility index (Phi) is 7.00. The fourth-order valence-electron chi connectivity index (χ4n) is 3.89. The van der Waals surface area contributed by atoms with Crippen molar-refractivity contribution < 1.29 is 18.8 Å². The maximum Gasteiger partial charge on any atom is 0.266 e. The fraction of sp³-hybridized carbons (Fsp3) is 0.240. The average molecular weight is 500 g/mol. The largest absolute Gasteiger partial charge is 0.339 e. The zero-order chi connectivity index (χ0) is 24.4. The van der Waals surface area contributed by atoms with E-state index in [1.807, 2.05) is 11.8 Å². The number of hydrogen-bond donors (Lipinski definition) is 2. The smallest absolute Gasteiger partial charge is 0.266 e. The van der Waals surface area contributed by atoms with E-state index in [2.05, 4.69) is 10.6 Å². The molecular weight excluding hydrogens is 477 g/mol. The van der Waals surface area contributed by atoms with Crippen LogP contribution in [-0.2, 0) is 0 Å². The summed E-state index contributed by atoms with van der Waals surface area (Å²) < 4.78 is 13.3. The number of carbonyl (C=O) groups is 3. The number of hydrogen-bond acceptors (Lipinski definition) is 4. The van der Waals surface area contributed by atoms with Crippen LogP contribution in [0.4, 0.5) is 15.1 Å². The Bertz CT molecular complexity index is 1280. The number of halogens is 2. The van der Waals surface area contributed by atoms with E-state index in [1.165, 1.54) is 6.07 Å². The minimum Gasteiger partial charge on any atom is -0.339 e. The molecule has 2 N–H and O–H groups in total. The lowest BCUT2D eigenvalue weighted by atomic mass is 10.1. The second kappa shape index (κ2) is 9.95. The van der Waals surface area contributed by atoms with E-state index in [9.17, 15) is 18.8 Å². The minimum atomic E-state index is -0.533. The van der Waals surface area contributed by atoms with Crippen molar-refractivity contribution in [2.24, 2.45) is 0 Å². The number of benzene rings is 2. The van der Waals surface area contributed by atoms with E-state index in [0.29, 0.717) is 32.3 Å². The highest BCUT2D eigenvalue weighted by Gasteiger charge is 2.23. The zero-order valence-electron chi connectivity index (χ0n) is 18.7. The van der Waals surface area contributed by atoms with Gasteiger partial charge in [0, 0.05) is 24.3 Å². The molecule has 0 aliphatic carbocycles. The molecule has 2 heterocycles. The molecule has 0 unspecified atom stereocenters. The van der Waals surface area contributed by atoms with E-state index in [-0.39, 0.29) is 22.4 Å². The standard InChI is InChI=1S/C25H23ClFN3O3S/c1-14-12-21(29-23(31)18-9-8-16(27)13-19(18)26)34-22(14)24(32)28-20-7-5-6-17(15(20)2)25(33)30-10-3-4-11-30/h5-9,12-13H,3-4,10-11H2,1-2H3,(H,28,32)(H,29,31). The van der Waals surface area contributed by atoms with Crippen LogP contribution in [0.25, 0.3) is 0 Å². The van der Waals surface area contributed by atoms with Gasteiger partial charge in [-0.25, -0.2) is 4.39 Å². The Morgan fingerprint density at radius 1 is 0.971 bits per heavy atom. The molecule has 0 spiro atoms. The molecule has 34 heavy (non-hydrogen) atoms. The van der Waals surface area contributed by atoms with Gasteiger partial charge in [0.1, 0.15) is 5.82 Å². The van der Waals surface area contributed by atoms with E-state index < -0.39 is 11.7 Å². The number of aryl methyl sites for hydroxylation is 1. The summed E-state index contributed by atoms with van der Waals surface area (Å²) in [7, 11) is 0. The Labute approximate surface area is 205 Å². The predicted molar refractivity (Wildman–Crippen MR) is 133 cm³/mol. The average Bonchev–Trinajstić information content (AvgIpc) is 3.44. The van der Waals surface area contributed by atoms with Gasteiger partial charge in [-0.2, -0.15) is 0 Å². The summed E-state index contributed by atoms with van der Waals surface area (Å²) in [5.74, 6) is -1.39. The molecule has 1 fully saturated rings. The third-order valence-corrected chi connectivity index (χ3v) is 7.21. The second-order valence-electron chi connectivity index (χ2n) is 8.13. The summed E-state index contributed by atoms with van der Waals surface area (Å²) >= 11 is 7.09. The highest BCUT2D eigenvalue weighted by atomic mass is 35.5. The first kappa shape index (κ1) is 23.9. The lowest BCUT2D eigenvalue weighted by Gasteiger charge is -2.18. The van der Waals surface area contributed by atoms with Gasteiger partial charge in [-0.1, -0.05) is 17.7 Å². The molecule has 4 rings (SSSR count). The molecule has 0 saturated carbocycles. The van der Waals surface area contributed by atoms with E-state index in [0.717, 1.165) is 49.4 Å². The van der Waals surface area contributed by atoms with Crippen LogP contribution in [0.2, 0.25) is 5.02 Å². The van der Waals surface area contributed by atoms with Gasteiger partial charge in [0.15, 0.2) is 0 Å². The fourth-order valence-corrected chi connectivity index (χ4v) is 5.11. The lowest BCUT2D eigenvalue weighted by molar-refractivity contribution is 0.0791. The van der Waals surface area contributed by atoms with Crippen molar-refractivity contribution in [3.05, 3.63) is 80.4 Å². The van der Waals surface area contributed by atoms with Crippen LogP contribution < -0.4 is 10.6 Å². The van der Waals surface area contributed by atoms with Crippen LogP contribution in [0.15, 0.2) is 42.5 Å². The lowest BCUT2D eigenvalue weighted by Crippen LogP contribution is -2.28. The highest BCUT2D eigenvalue weighted by Crippen LogP contribution is 2.30. The number of carbonyl (C=O) groups excluding carboxylic acids is 3. The van der Waals surface area contributed by atoms with Crippen molar-refractivity contribution in [1.82, 2.24) is 4.90 Å². The van der Waals surface area contributed by atoms with Gasteiger partial charge in [0.05, 0.1) is 20.5 Å². The normalized spacial score (nSPS) is 13.1. The van der Waals surface area contributed by atoms with Crippen LogP contribution >= 0.6 is 22.9 Å². The SMILES string of the molecule is Cc1cc(NC(=O)c2ccc(F)cc2Cl)sc1C(=O)Nc1cccc(C(=O)N2CCCC2)c1C. The molecule has 3 aromatic rings. The number of rotatable bonds is 5. The van der Waals surface area contributed by atoms with Crippen LogP contribution in [0.3, 0.4) is 0 Å². The molecule has 0 bridgehead atoms. The number of nitrogens with one attached hydrogen (secondary N) is 2. The summed E-state index contributed by atoms with van der Waals surface area (Å²) in [6, 6.07) is 10.5. The van der Waals surface area contributed by atoms with E-state index >= 15 is 0 Å². The summed E-state index contributed by atoms with van der Waals surface area (Å²) in [6.45, 7) is 5.09. The van der Waals surface area contributed by atoms with Gasteiger partial charge < -0.3 is 15.5 Å². The molecule has 1 saturated heterocycles. The van der Waals surface area contributed by atoms with Crippen LogP contribution in [-0.4, -0.2) is 35.7 Å². The van der Waals surface area contributed by atoms with Gasteiger partial charge in [0.25, 0.3) is 17.7 Å². The maximum atomic E-state index is 13.3. The summed E-state index contributed by atoms with van der Waals surface area (Å²) in [6.07, 6.45) is 2.01. The molecule has 0 radical (unpaired) electrons. The highest BCUT2D eigenvalue weighted by molar-refractivity contribution is 7.18. The first-order valence-electron chi connectivity index (χ1n) is 10.8. The first-order chi connectivity index (χ1) is 16.2. The molecule has 1 aliphatic rings. The first-order valence-corrected chi connectivity index (χ1v) is 12.0. The van der Waals surface area contributed by atoms with E-state index in [4.69, 9.17) is 11.6 Å². The third kappa shape index (κ3) is 4.98. The quantitative estimate of drug-likeness (QED) is 0.459. The van der Waals surface area contributed by atoms with Crippen LogP contribution in [0, 0.1) is 19.7 Å². The molecule has 1 aliphatic heterocycles. The molecule has 1 aromatic heterocycles. The van der Waals surface area contributed by atoms with Gasteiger partial charge in [-0.3, -0.25) is 14.4 Å². The molecule has 6 nitrogen and oxygen atoms in total. The molecule has 0 atom stereocenters. The van der Waals surface area contributed by atoms with Gasteiger partial charge in [-0.15, -0.1) is 11.3 Å². The molecule has 176 valence electrons. The van der Waals surface area contributed by atoms with Crippen molar-refractivity contribution in [3.63, 3.8) is 0 Å². The maximum absolute atomic E-state index is 13.3. The zero-order valence-corrected chi connectivity index (χ0v) is 20.3. The van der Waals surface area contributed by atoms with Crippen LogP contribution in [0.1, 0.15) is 54.4 Å². The Morgan fingerprint density at radius 2 is 1.71 bits per heavy atom. The van der Waals surface area contributed by atoms with Gasteiger partial charge >= 0.3 is 0 Å². The number of likely N-dealkylation sites (tertiary alicyclic amines) is 1. The van der Waals surface area contributed by atoms with Crippen molar-refractivity contribution in [2.45, 2.75) is 26.7 Å². The van der Waals surface area contributed by atoms with Crippen LogP contribution in [0.5, 0.6) is 0 Å². The van der Waals surface area contributed by atoms with Crippen molar-refractivity contribution in [1.29, 1.82) is 0 Å². The van der Waals surface area contributed by atoms with Crippen molar-refractivity contribution in [2.75, 3.05) is 23.7 Å². The second-order valence-corrected chi connectivity index (χ2v) is 9.59. The number of amides is 3. The Balaban J connectivity index is 1.49. The van der Waals surface area contributed by atoms with Crippen molar-refractivity contribution in [3.8, 4) is 0 Å². The summed E-state index contributed by atoms with van der Waals surface area (Å²) in [5, 5.41) is 6.06. The monoisotopic (exact) mass is 499 g/mol.